The number of unbranched alkanes of at least 4 members (excludes halogenated alkanes) is 1. The van der Waals surface area contributed by atoms with Crippen LogP contribution in [0.15, 0.2) is 65.7 Å². The molecular weight excluding hydrogens is 614 g/mol. The third-order valence-corrected chi connectivity index (χ3v) is 8.15. The van der Waals surface area contributed by atoms with E-state index >= 15 is 0 Å². The Hall–Kier alpha value is -4.74. The van der Waals surface area contributed by atoms with E-state index in [2.05, 4.69) is 81.0 Å². The molecular formula is C35H44ClN9O2. The summed E-state index contributed by atoms with van der Waals surface area (Å²) in [6.07, 6.45) is 5.23. The second kappa shape index (κ2) is 16.7. The van der Waals surface area contributed by atoms with Gasteiger partial charge in [-0.1, -0.05) is 67.1 Å². The van der Waals surface area contributed by atoms with Gasteiger partial charge in [0.05, 0.1) is 0 Å². The fourth-order valence-corrected chi connectivity index (χ4v) is 5.44. The highest BCUT2D eigenvalue weighted by Gasteiger charge is 2.18. The molecule has 1 aromatic heterocycles. The number of guanidine groups is 1. The zero-order chi connectivity index (χ0) is 33.9. The molecule has 12 heteroatoms. The number of nitrogens with two attached hydrogens (primary N) is 3. The molecule has 1 heterocycles. The molecule has 0 spiro atoms. The molecule has 1 atom stereocenters. The molecule has 11 nitrogen and oxygen atoms in total. The van der Waals surface area contributed by atoms with E-state index in [4.69, 9.17) is 28.8 Å². The summed E-state index contributed by atoms with van der Waals surface area (Å²) in [5, 5.41) is 7.75. The first-order valence-corrected chi connectivity index (χ1v) is 16.1. The zero-order valence-electron chi connectivity index (χ0n) is 27.2. The third-order valence-electron chi connectivity index (χ3n) is 7.87. The number of halogens is 1. The number of nitrogens with one attached hydrogen (secondary N) is 2. The molecule has 0 unspecified atom stereocenters. The number of carbonyl (C=O) groups excluding carboxylic acids is 2. The molecule has 0 fully saturated rings. The van der Waals surface area contributed by atoms with E-state index in [0.29, 0.717) is 13.0 Å². The number of rotatable bonds is 14. The van der Waals surface area contributed by atoms with Crippen molar-refractivity contribution in [2.24, 2.45) is 16.6 Å². The van der Waals surface area contributed by atoms with Crippen LogP contribution in [-0.4, -0.2) is 59.8 Å². The van der Waals surface area contributed by atoms with Gasteiger partial charge in [-0.25, -0.2) is 9.97 Å². The van der Waals surface area contributed by atoms with Crippen LogP contribution in [0.25, 0.3) is 10.8 Å². The molecule has 2 amide bonds. The van der Waals surface area contributed by atoms with Crippen LogP contribution in [-0.2, 0) is 24.1 Å². The average Bonchev–Trinajstić information content (AvgIpc) is 3.04. The Morgan fingerprint density at radius 1 is 0.894 bits per heavy atom. The molecule has 0 bridgehead atoms. The Labute approximate surface area is 281 Å². The summed E-state index contributed by atoms with van der Waals surface area (Å²) >= 11 is 5.85. The highest BCUT2D eigenvalue weighted by atomic mass is 35.5. The first-order chi connectivity index (χ1) is 22.5. The minimum absolute atomic E-state index is 0.00296. The predicted octanol–water partition coefficient (Wildman–Crippen LogP) is 4.83. The summed E-state index contributed by atoms with van der Waals surface area (Å²) < 4.78 is 0. The molecule has 248 valence electrons. The van der Waals surface area contributed by atoms with Crippen molar-refractivity contribution in [1.82, 2.24) is 20.2 Å². The molecule has 0 aliphatic carbocycles. The van der Waals surface area contributed by atoms with E-state index in [1.165, 1.54) is 16.5 Å². The first kappa shape index (κ1) is 35.1. The Morgan fingerprint density at radius 3 is 2.28 bits per heavy atom. The summed E-state index contributed by atoms with van der Waals surface area (Å²) in [5.41, 5.74) is 21.5. The monoisotopic (exact) mass is 657 g/mol. The maximum absolute atomic E-state index is 13.1. The van der Waals surface area contributed by atoms with Crippen molar-refractivity contribution in [2.75, 3.05) is 44.0 Å². The van der Waals surface area contributed by atoms with Crippen molar-refractivity contribution >= 4 is 57.5 Å². The minimum Gasteiger partial charge on any atom is -0.382 e. The van der Waals surface area contributed by atoms with Crippen LogP contribution in [0.3, 0.4) is 0 Å². The van der Waals surface area contributed by atoms with E-state index in [9.17, 15) is 9.59 Å². The second-order valence-electron chi connectivity index (χ2n) is 11.9. The number of aromatic nitrogens is 2. The Bertz CT molecular complexity index is 1720. The van der Waals surface area contributed by atoms with Crippen molar-refractivity contribution in [2.45, 2.75) is 45.4 Å². The fraction of sp³-hybridized carbons (Fsp3) is 0.343. The molecule has 8 N–H and O–H groups in total. The van der Waals surface area contributed by atoms with Crippen molar-refractivity contribution in [3.05, 3.63) is 88.2 Å². The number of benzene rings is 3. The highest BCUT2D eigenvalue weighted by molar-refractivity contribution is 6.31. The van der Waals surface area contributed by atoms with Crippen molar-refractivity contribution in [3.63, 3.8) is 0 Å². The number of carbonyl (C=O) groups is 2. The molecule has 4 aromatic rings. The Balaban J connectivity index is 1.28. The van der Waals surface area contributed by atoms with E-state index in [1.54, 1.807) is 0 Å². The number of hydrogen-bond donors (Lipinski definition) is 5. The average molecular weight is 658 g/mol. The van der Waals surface area contributed by atoms with Gasteiger partial charge in [-0.2, -0.15) is 0 Å². The van der Waals surface area contributed by atoms with Gasteiger partial charge in [0.25, 0.3) is 5.91 Å². The van der Waals surface area contributed by atoms with Gasteiger partial charge >= 0.3 is 0 Å². The van der Waals surface area contributed by atoms with Crippen LogP contribution in [0.1, 0.15) is 53.4 Å². The lowest BCUT2D eigenvalue weighted by atomic mass is 9.91. The number of anilines is 3. The van der Waals surface area contributed by atoms with Gasteiger partial charge in [-0.15, -0.1) is 0 Å². The lowest BCUT2D eigenvalue weighted by Gasteiger charge is -2.16. The molecule has 0 radical (unpaired) electrons. The normalized spacial score (nSPS) is 12.3. The number of aryl methyl sites for hydroxylation is 2. The summed E-state index contributed by atoms with van der Waals surface area (Å²) in [6.45, 7) is 3.45. The molecule has 4 rings (SSSR count). The van der Waals surface area contributed by atoms with E-state index in [0.717, 1.165) is 55.3 Å². The predicted molar refractivity (Wildman–Crippen MR) is 192 cm³/mol. The molecule has 3 aromatic carbocycles. The van der Waals surface area contributed by atoms with E-state index in [1.807, 2.05) is 31.2 Å². The lowest BCUT2D eigenvalue weighted by Crippen LogP contribution is -2.38. The van der Waals surface area contributed by atoms with Crippen molar-refractivity contribution < 1.29 is 9.59 Å². The summed E-state index contributed by atoms with van der Waals surface area (Å²) in [6, 6.07) is 20.7. The number of amides is 2. The first-order valence-electron chi connectivity index (χ1n) is 15.8. The van der Waals surface area contributed by atoms with Crippen LogP contribution in [0.4, 0.5) is 17.3 Å². The second-order valence-corrected chi connectivity index (χ2v) is 12.3. The lowest BCUT2D eigenvalue weighted by molar-refractivity contribution is -0.119. The van der Waals surface area contributed by atoms with Gasteiger partial charge in [-0.05, 0) is 98.8 Å². The highest BCUT2D eigenvalue weighted by Crippen LogP contribution is 2.27. The molecule has 0 saturated carbocycles. The minimum atomic E-state index is -0.670. The largest absolute Gasteiger partial charge is 0.382 e. The van der Waals surface area contributed by atoms with E-state index in [-0.39, 0.29) is 40.3 Å². The quantitative estimate of drug-likeness (QED) is 0.0727. The molecule has 0 aliphatic rings. The molecule has 0 aliphatic heterocycles. The van der Waals surface area contributed by atoms with Gasteiger partial charge in [0.1, 0.15) is 0 Å². The van der Waals surface area contributed by atoms with Gasteiger partial charge < -0.3 is 27.4 Å². The van der Waals surface area contributed by atoms with Crippen LogP contribution >= 0.6 is 11.6 Å². The third kappa shape index (κ3) is 10.1. The van der Waals surface area contributed by atoms with Crippen LogP contribution in [0, 0.1) is 5.92 Å². The van der Waals surface area contributed by atoms with E-state index < -0.39 is 5.91 Å². The topological polar surface area (TPSA) is 178 Å². The number of hydrogen-bond acceptors (Lipinski definition) is 8. The molecule has 0 saturated heterocycles. The summed E-state index contributed by atoms with van der Waals surface area (Å²) in [4.78, 5) is 39.6. The zero-order valence-corrected chi connectivity index (χ0v) is 28.0. The van der Waals surface area contributed by atoms with Crippen molar-refractivity contribution in [1.29, 1.82) is 0 Å². The van der Waals surface area contributed by atoms with Crippen molar-refractivity contribution in [3.8, 4) is 0 Å². The number of fused-ring (bicyclic) bond motifs is 1. The smallest absolute Gasteiger partial charge is 0.280 e. The van der Waals surface area contributed by atoms with Gasteiger partial charge in [0.2, 0.25) is 5.91 Å². The van der Waals surface area contributed by atoms with Gasteiger partial charge in [-0.3, -0.25) is 19.9 Å². The number of nitrogens with zero attached hydrogens (tertiary/aromatic N) is 4. The number of aliphatic imine (C=N–C) groups is 1. The molecule has 47 heavy (non-hydrogen) atoms. The summed E-state index contributed by atoms with van der Waals surface area (Å²) in [7, 11) is 4.16. The summed E-state index contributed by atoms with van der Waals surface area (Å²) in [5.74, 6) is -1.13. The Morgan fingerprint density at radius 2 is 1.57 bits per heavy atom. The van der Waals surface area contributed by atoms with Gasteiger partial charge in [0, 0.05) is 18.2 Å². The van der Waals surface area contributed by atoms with Crippen LogP contribution in [0.2, 0.25) is 5.15 Å². The van der Waals surface area contributed by atoms with Crippen LogP contribution in [0.5, 0.6) is 0 Å². The number of nitrogen functional groups attached to an aromatic ring is 2. The van der Waals surface area contributed by atoms with Gasteiger partial charge in [0.15, 0.2) is 28.4 Å². The standard InChI is InChI=1S/C35H44ClN9O2/c1-22(33(46)41-26-17-13-23(14-18-26)9-8-20-45(2)3)21-25-16-15-24(27-11-4-5-12-28(25)27)10-6-7-19-40-35(39)44-34(47)29-31(37)43-32(38)30(36)42-29/h4-5,11-18,22H,6-10,19-21H2,1-3H3,(H,41,46)(H4,37,38,43)(H3,39,40,44,47)/t22-/m0/s1. The maximum atomic E-state index is 13.1. The van der Waals surface area contributed by atoms with Crippen LogP contribution < -0.4 is 27.8 Å². The fourth-order valence-electron chi connectivity index (χ4n) is 5.31. The Kier molecular flexibility index (Phi) is 12.5. The maximum Gasteiger partial charge on any atom is 0.280 e. The SMILES string of the molecule is C[C@@H](Cc1ccc(CCCCN=C(N)NC(=O)c2nc(Cl)c(N)nc2N)c2ccccc12)C(=O)Nc1ccc(CCCN(C)C)cc1.